The van der Waals surface area contributed by atoms with Crippen LogP contribution in [0, 0.1) is 0 Å². The van der Waals surface area contributed by atoms with Crippen LogP contribution in [0.4, 0.5) is 5.95 Å². The van der Waals surface area contributed by atoms with Gasteiger partial charge in [0, 0.05) is 38.2 Å². The lowest BCUT2D eigenvalue weighted by atomic mass is 10.1. The Morgan fingerprint density at radius 1 is 1.47 bits per heavy atom. The molecule has 0 radical (unpaired) electrons. The lowest BCUT2D eigenvalue weighted by molar-refractivity contribution is 0.120. The molecule has 0 bridgehead atoms. The van der Waals surface area contributed by atoms with Crippen LogP contribution in [0.15, 0.2) is 0 Å². The molecule has 2 N–H and O–H groups in total. The second kappa shape index (κ2) is 5.71. The van der Waals surface area contributed by atoms with Gasteiger partial charge >= 0.3 is 0 Å². The van der Waals surface area contributed by atoms with Crippen molar-refractivity contribution in [2.75, 3.05) is 32.1 Å². The van der Waals surface area contributed by atoms with Crippen molar-refractivity contribution in [1.82, 2.24) is 15.3 Å². The van der Waals surface area contributed by atoms with E-state index >= 15 is 0 Å². The van der Waals surface area contributed by atoms with E-state index in [2.05, 4.69) is 20.6 Å². The zero-order chi connectivity index (χ0) is 13.1. The maximum absolute atomic E-state index is 5.58. The second-order valence-corrected chi connectivity index (χ2v) is 4.92. The summed E-state index contributed by atoms with van der Waals surface area (Å²) >= 11 is 0. The van der Waals surface area contributed by atoms with Crippen LogP contribution in [0.3, 0.4) is 0 Å². The minimum atomic E-state index is 0.285. The van der Waals surface area contributed by atoms with Gasteiger partial charge in [0.1, 0.15) is 0 Å². The summed E-state index contributed by atoms with van der Waals surface area (Å²) in [5.41, 5.74) is 2.16. The average molecular weight is 264 g/mol. The fraction of sp³-hybridized carbons (Fsp3) is 0.692. The van der Waals surface area contributed by atoms with E-state index in [1.807, 2.05) is 0 Å². The zero-order valence-corrected chi connectivity index (χ0v) is 11.2. The van der Waals surface area contributed by atoms with Crippen LogP contribution in [0.5, 0.6) is 5.88 Å². The van der Waals surface area contributed by atoms with Crippen LogP contribution in [-0.2, 0) is 17.7 Å². The number of rotatable bonds is 4. The second-order valence-electron chi connectivity index (χ2n) is 4.92. The van der Waals surface area contributed by atoms with Gasteiger partial charge in [0.15, 0.2) is 0 Å². The maximum atomic E-state index is 5.58. The van der Waals surface area contributed by atoms with Gasteiger partial charge in [-0.1, -0.05) is 0 Å². The smallest absolute Gasteiger partial charge is 0.226 e. The Morgan fingerprint density at radius 2 is 2.42 bits per heavy atom. The predicted molar refractivity (Wildman–Crippen MR) is 71.5 cm³/mol. The molecule has 1 aromatic heterocycles. The van der Waals surface area contributed by atoms with Crippen molar-refractivity contribution in [1.29, 1.82) is 0 Å². The molecule has 3 heterocycles. The molecule has 2 aliphatic heterocycles. The maximum Gasteiger partial charge on any atom is 0.226 e. The minimum Gasteiger partial charge on any atom is -0.481 e. The molecule has 1 unspecified atom stereocenters. The van der Waals surface area contributed by atoms with Crippen LogP contribution in [0.25, 0.3) is 0 Å². The molecular formula is C13H20N4O2. The SMILES string of the molecule is COc1nc(NCC2CCCO2)nc2c1CNCC2. The van der Waals surface area contributed by atoms with Crippen LogP contribution >= 0.6 is 0 Å². The van der Waals surface area contributed by atoms with E-state index in [9.17, 15) is 0 Å². The first-order chi connectivity index (χ1) is 9.36. The Balaban J connectivity index is 1.73. The number of nitrogens with one attached hydrogen (secondary N) is 2. The molecule has 19 heavy (non-hydrogen) atoms. The third-order valence-corrected chi connectivity index (χ3v) is 3.60. The van der Waals surface area contributed by atoms with Crippen molar-refractivity contribution in [3.63, 3.8) is 0 Å². The molecule has 104 valence electrons. The fourth-order valence-electron chi connectivity index (χ4n) is 2.57. The number of methoxy groups -OCH3 is 1. The minimum absolute atomic E-state index is 0.285. The van der Waals surface area contributed by atoms with Gasteiger partial charge in [-0.05, 0) is 12.8 Å². The molecule has 1 atom stereocenters. The Labute approximate surface area is 112 Å². The normalized spacial score (nSPS) is 22.1. The number of nitrogens with zero attached hydrogens (tertiary/aromatic N) is 2. The molecule has 1 saturated heterocycles. The topological polar surface area (TPSA) is 68.3 Å². The van der Waals surface area contributed by atoms with E-state index in [1.165, 1.54) is 0 Å². The Hall–Kier alpha value is -1.40. The first kappa shape index (κ1) is 12.6. The molecule has 6 heteroatoms. The van der Waals surface area contributed by atoms with Gasteiger partial charge in [-0.3, -0.25) is 0 Å². The number of aromatic nitrogens is 2. The van der Waals surface area contributed by atoms with E-state index in [0.717, 1.165) is 56.8 Å². The molecule has 6 nitrogen and oxygen atoms in total. The number of hydrogen-bond acceptors (Lipinski definition) is 6. The van der Waals surface area contributed by atoms with Crippen molar-refractivity contribution in [2.45, 2.75) is 31.9 Å². The predicted octanol–water partition coefficient (Wildman–Crippen LogP) is 0.722. The number of fused-ring (bicyclic) bond motifs is 1. The Morgan fingerprint density at radius 3 is 3.21 bits per heavy atom. The van der Waals surface area contributed by atoms with Gasteiger partial charge in [0.25, 0.3) is 0 Å². The molecule has 1 fully saturated rings. The molecule has 0 aromatic carbocycles. The summed E-state index contributed by atoms with van der Waals surface area (Å²) in [6, 6.07) is 0. The van der Waals surface area contributed by atoms with Gasteiger partial charge in [0.2, 0.25) is 11.8 Å². The van der Waals surface area contributed by atoms with Gasteiger partial charge in [0.05, 0.1) is 18.9 Å². The highest BCUT2D eigenvalue weighted by Crippen LogP contribution is 2.23. The van der Waals surface area contributed by atoms with Crippen LogP contribution < -0.4 is 15.4 Å². The number of ether oxygens (including phenoxy) is 2. The fourth-order valence-corrected chi connectivity index (χ4v) is 2.57. The molecule has 1 aromatic rings. The van der Waals surface area contributed by atoms with Gasteiger partial charge in [-0.15, -0.1) is 0 Å². The van der Waals surface area contributed by atoms with Crippen LogP contribution in [0.1, 0.15) is 24.1 Å². The molecule has 0 spiro atoms. The molecule has 3 rings (SSSR count). The third kappa shape index (κ3) is 2.79. The lowest BCUT2D eigenvalue weighted by Gasteiger charge is -2.19. The summed E-state index contributed by atoms with van der Waals surface area (Å²) in [6.45, 7) is 3.37. The average Bonchev–Trinajstić information content (AvgIpc) is 2.97. The lowest BCUT2D eigenvalue weighted by Crippen LogP contribution is -2.27. The first-order valence-electron chi connectivity index (χ1n) is 6.87. The van der Waals surface area contributed by atoms with Crippen molar-refractivity contribution in [3.8, 4) is 5.88 Å². The molecule has 0 amide bonds. The molecule has 0 saturated carbocycles. The van der Waals surface area contributed by atoms with Crippen molar-refractivity contribution >= 4 is 5.95 Å². The summed E-state index contributed by atoms with van der Waals surface area (Å²) < 4.78 is 10.9. The highest BCUT2D eigenvalue weighted by molar-refractivity contribution is 5.39. The Kier molecular flexibility index (Phi) is 3.79. The van der Waals surface area contributed by atoms with E-state index in [1.54, 1.807) is 7.11 Å². The number of hydrogen-bond donors (Lipinski definition) is 2. The summed E-state index contributed by atoms with van der Waals surface area (Å²) in [4.78, 5) is 9.01. The molecular weight excluding hydrogens is 244 g/mol. The van der Waals surface area contributed by atoms with Crippen molar-refractivity contribution < 1.29 is 9.47 Å². The monoisotopic (exact) mass is 264 g/mol. The van der Waals surface area contributed by atoms with E-state index in [4.69, 9.17) is 9.47 Å². The van der Waals surface area contributed by atoms with Crippen molar-refractivity contribution in [2.24, 2.45) is 0 Å². The summed E-state index contributed by atoms with van der Waals surface area (Å²) in [5, 5.41) is 6.58. The summed E-state index contributed by atoms with van der Waals surface area (Å²) in [6.07, 6.45) is 3.46. The highest BCUT2D eigenvalue weighted by Gasteiger charge is 2.19. The molecule has 0 aliphatic carbocycles. The van der Waals surface area contributed by atoms with Gasteiger partial charge in [-0.2, -0.15) is 4.98 Å². The third-order valence-electron chi connectivity index (χ3n) is 3.60. The zero-order valence-electron chi connectivity index (χ0n) is 11.2. The highest BCUT2D eigenvalue weighted by atomic mass is 16.5. The number of anilines is 1. The molecule has 2 aliphatic rings. The van der Waals surface area contributed by atoms with Crippen molar-refractivity contribution in [3.05, 3.63) is 11.3 Å². The Bertz CT molecular complexity index is 429. The van der Waals surface area contributed by atoms with E-state index in [0.29, 0.717) is 11.8 Å². The van der Waals surface area contributed by atoms with E-state index in [-0.39, 0.29) is 6.10 Å². The van der Waals surface area contributed by atoms with Crippen LogP contribution in [-0.4, -0.2) is 42.9 Å². The first-order valence-corrected chi connectivity index (χ1v) is 6.87. The van der Waals surface area contributed by atoms with Crippen LogP contribution in [0.2, 0.25) is 0 Å². The summed E-state index contributed by atoms with van der Waals surface area (Å²) in [7, 11) is 1.65. The van der Waals surface area contributed by atoms with E-state index < -0.39 is 0 Å². The van der Waals surface area contributed by atoms with Gasteiger partial charge in [-0.25, -0.2) is 4.98 Å². The summed E-state index contributed by atoms with van der Waals surface area (Å²) in [5.74, 6) is 1.32. The largest absolute Gasteiger partial charge is 0.481 e. The van der Waals surface area contributed by atoms with Gasteiger partial charge < -0.3 is 20.1 Å². The standard InChI is InChI=1S/C13H20N4O2/c1-18-12-10-8-14-5-4-11(10)16-13(17-12)15-7-9-3-2-6-19-9/h9,14H,2-8H2,1H3,(H,15,16,17). The quantitative estimate of drug-likeness (QED) is 0.835.